The van der Waals surface area contributed by atoms with Crippen molar-refractivity contribution in [2.24, 2.45) is 0 Å². The quantitative estimate of drug-likeness (QED) is 0.674. The van der Waals surface area contributed by atoms with Crippen LogP contribution in [-0.4, -0.2) is 20.0 Å². The Hall–Kier alpha value is -3.01. The first-order chi connectivity index (χ1) is 12.5. The average molecular weight is 346 g/mol. The molecule has 26 heavy (non-hydrogen) atoms. The third kappa shape index (κ3) is 1.62. The molecule has 0 radical (unpaired) electrons. The molecule has 2 aliphatic rings. The van der Waals surface area contributed by atoms with Crippen LogP contribution >= 0.6 is 0 Å². The van der Waals surface area contributed by atoms with Gasteiger partial charge in [0, 0.05) is 32.9 Å². The van der Waals surface area contributed by atoms with E-state index in [0.717, 1.165) is 45.2 Å². The van der Waals surface area contributed by atoms with Crippen LogP contribution in [-0.2, 0) is 5.41 Å². The maximum Gasteiger partial charge on any atom is 0.228 e. The van der Waals surface area contributed by atoms with Crippen molar-refractivity contribution in [3.63, 3.8) is 0 Å². The van der Waals surface area contributed by atoms with Crippen LogP contribution in [0.5, 0.6) is 11.5 Å². The van der Waals surface area contributed by atoms with Gasteiger partial charge < -0.3 is 13.9 Å². The lowest BCUT2D eigenvalue weighted by Crippen LogP contribution is -2.30. The van der Waals surface area contributed by atoms with Gasteiger partial charge in [-0.1, -0.05) is 13.5 Å². The van der Waals surface area contributed by atoms with E-state index in [1.165, 1.54) is 0 Å². The predicted molar refractivity (Wildman–Crippen MR) is 99.3 cm³/mol. The van der Waals surface area contributed by atoms with Crippen LogP contribution in [0.3, 0.4) is 0 Å². The molecule has 0 N–H and O–H groups in total. The molecule has 0 amide bonds. The number of hydrogen-bond acceptors (Lipinski definition) is 4. The van der Waals surface area contributed by atoms with Crippen LogP contribution in [0.2, 0.25) is 0 Å². The molecule has 1 aromatic heterocycles. The number of fused-ring (bicyclic) bond motifs is 3. The Morgan fingerprint density at radius 2 is 1.73 bits per heavy atom. The Morgan fingerprint density at radius 3 is 2.38 bits per heavy atom. The van der Waals surface area contributed by atoms with E-state index in [1.54, 1.807) is 20.5 Å². The zero-order valence-corrected chi connectivity index (χ0v) is 14.9. The first-order valence-electron chi connectivity index (χ1n) is 8.53. The number of rotatable bonds is 2. The lowest BCUT2D eigenvalue weighted by atomic mass is 9.69. The van der Waals surface area contributed by atoms with Crippen LogP contribution in [0.25, 0.3) is 16.3 Å². The van der Waals surface area contributed by atoms with Gasteiger partial charge in [-0.05, 0) is 41.8 Å². The minimum Gasteiger partial charge on any atom is -0.496 e. The van der Waals surface area contributed by atoms with Gasteiger partial charge in [0.25, 0.3) is 0 Å². The SMILES string of the molecule is C=C1C[C@@]2(C)c3cc4c(OC)ccc(OC)c4cc3C(=O)c3occ1c32. The number of allylic oxidation sites excluding steroid dienone is 1. The largest absolute Gasteiger partial charge is 0.496 e. The number of benzene rings is 2. The molecule has 3 aromatic rings. The number of ketones is 1. The van der Waals surface area contributed by atoms with E-state index in [-0.39, 0.29) is 11.2 Å². The summed E-state index contributed by atoms with van der Waals surface area (Å²) in [6, 6.07) is 7.73. The van der Waals surface area contributed by atoms with Crippen LogP contribution < -0.4 is 9.47 Å². The summed E-state index contributed by atoms with van der Waals surface area (Å²) >= 11 is 0. The molecule has 0 bridgehead atoms. The Labute approximate surface area is 151 Å². The molecule has 1 heterocycles. The van der Waals surface area contributed by atoms with Gasteiger partial charge >= 0.3 is 0 Å². The van der Waals surface area contributed by atoms with Gasteiger partial charge in [0.1, 0.15) is 11.5 Å². The van der Waals surface area contributed by atoms with Crippen molar-refractivity contribution < 1.29 is 18.7 Å². The highest BCUT2D eigenvalue weighted by molar-refractivity contribution is 6.15. The number of carbonyl (C=O) groups is 1. The standard InChI is InChI=1S/C22H18O4/c1-11-9-22(2)16-8-13-12(17(24-3)5-6-18(13)25-4)7-14(16)20(23)21-19(22)15(11)10-26-21/h5-8,10H,1,9H2,2-4H3/t22-/m0/s1. The topological polar surface area (TPSA) is 48.7 Å². The molecule has 0 fully saturated rings. The third-order valence-corrected chi connectivity index (χ3v) is 5.85. The second kappa shape index (κ2) is 4.79. The highest BCUT2D eigenvalue weighted by atomic mass is 16.5. The van der Waals surface area contributed by atoms with Crippen molar-refractivity contribution in [3.05, 3.63) is 65.1 Å². The second-order valence-corrected chi connectivity index (χ2v) is 7.21. The molecule has 0 aliphatic heterocycles. The van der Waals surface area contributed by atoms with Crippen molar-refractivity contribution in [2.45, 2.75) is 18.8 Å². The molecule has 0 saturated heterocycles. The van der Waals surface area contributed by atoms with Crippen LogP contribution in [0, 0.1) is 0 Å². The fraction of sp³-hybridized carbons (Fsp3) is 0.227. The van der Waals surface area contributed by atoms with Crippen molar-refractivity contribution in [3.8, 4) is 11.5 Å². The molecular weight excluding hydrogens is 328 g/mol. The Balaban J connectivity index is 1.91. The molecule has 2 aromatic carbocycles. The summed E-state index contributed by atoms with van der Waals surface area (Å²) in [6.45, 7) is 6.34. The van der Waals surface area contributed by atoms with Crippen molar-refractivity contribution >= 4 is 22.1 Å². The zero-order chi connectivity index (χ0) is 18.2. The maximum absolute atomic E-state index is 13.1. The van der Waals surface area contributed by atoms with E-state index in [4.69, 9.17) is 13.9 Å². The van der Waals surface area contributed by atoms with Gasteiger partial charge in [0.05, 0.1) is 20.5 Å². The fourth-order valence-electron chi connectivity index (χ4n) is 4.63. The Bertz CT molecular complexity index is 1130. The number of carbonyl (C=O) groups excluding carboxylic acids is 1. The Morgan fingerprint density at radius 1 is 1.08 bits per heavy atom. The lowest BCUT2D eigenvalue weighted by Gasteiger charge is -2.32. The van der Waals surface area contributed by atoms with E-state index in [2.05, 4.69) is 19.6 Å². The summed E-state index contributed by atoms with van der Waals surface area (Å²) in [5.74, 6) is 1.83. The highest BCUT2D eigenvalue weighted by Gasteiger charge is 2.49. The maximum atomic E-state index is 13.1. The molecule has 0 saturated carbocycles. The van der Waals surface area contributed by atoms with Gasteiger partial charge in [-0.2, -0.15) is 0 Å². The summed E-state index contributed by atoms with van der Waals surface area (Å²) in [7, 11) is 3.28. The summed E-state index contributed by atoms with van der Waals surface area (Å²) in [4.78, 5) is 13.1. The third-order valence-electron chi connectivity index (χ3n) is 5.85. The first-order valence-corrected chi connectivity index (χ1v) is 8.53. The molecule has 2 aliphatic carbocycles. The summed E-state index contributed by atoms with van der Waals surface area (Å²) in [5, 5.41) is 1.79. The molecule has 1 atom stereocenters. The van der Waals surface area contributed by atoms with E-state index in [9.17, 15) is 4.79 Å². The summed E-state index contributed by atoms with van der Waals surface area (Å²) in [5.41, 5.74) is 4.29. The lowest BCUT2D eigenvalue weighted by molar-refractivity contribution is 0.0999. The normalized spacial score (nSPS) is 20.3. The first kappa shape index (κ1) is 15.3. The summed E-state index contributed by atoms with van der Waals surface area (Å²) < 4.78 is 16.7. The van der Waals surface area contributed by atoms with Gasteiger partial charge in [0.15, 0.2) is 5.76 Å². The van der Waals surface area contributed by atoms with E-state index in [1.807, 2.05) is 18.2 Å². The highest BCUT2D eigenvalue weighted by Crippen LogP contribution is 2.55. The molecule has 5 rings (SSSR count). The van der Waals surface area contributed by atoms with Crippen LogP contribution in [0.15, 0.2) is 41.5 Å². The van der Waals surface area contributed by atoms with E-state index < -0.39 is 0 Å². The molecule has 0 unspecified atom stereocenters. The number of ether oxygens (including phenoxy) is 2. The van der Waals surface area contributed by atoms with Gasteiger partial charge in [-0.25, -0.2) is 0 Å². The van der Waals surface area contributed by atoms with E-state index >= 15 is 0 Å². The smallest absolute Gasteiger partial charge is 0.228 e. The monoisotopic (exact) mass is 346 g/mol. The van der Waals surface area contributed by atoms with Gasteiger partial charge in [0.2, 0.25) is 5.78 Å². The predicted octanol–water partition coefficient (Wildman–Crippen LogP) is 4.72. The molecule has 130 valence electrons. The average Bonchev–Trinajstić information content (AvgIpc) is 3.20. The van der Waals surface area contributed by atoms with Gasteiger partial charge in [-0.15, -0.1) is 0 Å². The molecule has 4 nitrogen and oxygen atoms in total. The summed E-state index contributed by atoms with van der Waals surface area (Å²) in [6.07, 6.45) is 2.45. The zero-order valence-electron chi connectivity index (χ0n) is 14.9. The van der Waals surface area contributed by atoms with Crippen molar-refractivity contribution in [1.29, 1.82) is 0 Å². The Kier molecular flexibility index (Phi) is 2.81. The minimum absolute atomic E-state index is 0.0832. The van der Waals surface area contributed by atoms with Crippen molar-refractivity contribution in [2.75, 3.05) is 14.2 Å². The van der Waals surface area contributed by atoms with Crippen LogP contribution in [0.1, 0.15) is 46.2 Å². The van der Waals surface area contributed by atoms with Gasteiger partial charge in [-0.3, -0.25) is 4.79 Å². The number of furan rings is 1. The fourth-order valence-corrected chi connectivity index (χ4v) is 4.63. The second-order valence-electron chi connectivity index (χ2n) is 7.21. The molecular formula is C22H18O4. The van der Waals surface area contributed by atoms with Crippen molar-refractivity contribution in [1.82, 2.24) is 0 Å². The molecule has 0 spiro atoms. The number of methoxy groups -OCH3 is 2. The number of hydrogen-bond donors (Lipinski definition) is 0. The van der Waals surface area contributed by atoms with Crippen LogP contribution in [0.4, 0.5) is 0 Å². The minimum atomic E-state index is -0.319. The molecule has 4 heteroatoms. The van der Waals surface area contributed by atoms with E-state index in [0.29, 0.717) is 17.1 Å².